The maximum absolute atomic E-state index is 13.9. The first-order valence-corrected chi connectivity index (χ1v) is 13.3. The molecule has 1 aliphatic carbocycles. The summed E-state index contributed by atoms with van der Waals surface area (Å²) < 4.78 is 67.9. The van der Waals surface area contributed by atoms with Crippen LogP contribution in [0.1, 0.15) is 74.5 Å². The molecule has 0 atom stereocenters. The van der Waals surface area contributed by atoms with E-state index in [1.807, 2.05) is 0 Å². The number of halogens is 3. The van der Waals surface area contributed by atoms with Crippen molar-refractivity contribution in [3.8, 4) is 11.3 Å². The molecule has 1 aromatic carbocycles. The molecule has 1 fully saturated rings. The average molecular weight is 514 g/mol. The zero-order valence-corrected chi connectivity index (χ0v) is 21.7. The van der Waals surface area contributed by atoms with Gasteiger partial charge < -0.3 is 9.47 Å². The van der Waals surface area contributed by atoms with E-state index >= 15 is 0 Å². The number of nitrogens with zero attached hydrogens (tertiary/aromatic N) is 2. The highest BCUT2D eigenvalue weighted by molar-refractivity contribution is 7.89. The lowest BCUT2D eigenvalue weighted by molar-refractivity contribution is -0.137. The number of aromatic nitrogens is 1. The Morgan fingerprint density at radius 2 is 1.69 bits per heavy atom. The maximum Gasteiger partial charge on any atom is 0.416 e. The summed E-state index contributed by atoms with van der Waals surface area (Å²) in [6, 6.07) is 4.53. The van der Waals surface area contributed by atoms with Gasteiger partial charge in [0.05, 0.1) is 5.56 Å². The quantitative estimate of drug-likeness (QED) is 0.566. The van der Waals surface area contributed by atoms with Crippen molar-refractivity contribution in [3.05, 3.63) is 41.1 Å². The second-order valence-electron chi connectivity index (χ2n) is 10.5. The number of hydrogen-bond donors (Lipinski definition) is 1. The van der Waals surface area contributed by atoms with E-state index in [0.717, 1.165) is 44.2 Å². The SMILES string of the molecule is Cc1c(S(N)(=O)=O)cc(-c2cc(C(=O)N(C)C(C)(C)C)cc(C(F)(F)F)c2)n1CC1CCCCC1. The maximum atomic E-state index is 13.9. The van der Waals surface area contributed by atoms with Gasteiger partial charge in [0.15, 0.2) is 0 Å². The van der Waals surface area contributed by atoms with E-state index in [2.05, 4.69) is 0 Å². The van der Waals surface area contributed by atoms with Crippen molar-refractivity contribution in [1.82, 2.24) is 9.47 Å². The first-order chi connectivity index (χ1) is 16.0. The van der Waals surface area contributed by atoms with Crippen LogP contribution in [0.15, 0.2) is 29.2 Å². The van der Waals surface area contributed by atoms with Crippen molar-refractivity contribution in [1.29, 1.82) is 0 Å². The molecule has 0 spiro atoms. The third-order valence-corrected chi connectivity index (χ3v) is 7.93. The normalized spacial score (nSPS) is 15.9. The standard InChI is InChI=1S/C25H34F3N3O3S/c1-16-22(35(29,33)34)14-21(31(16)15-17-9-7-6-8-10-17)18-11-19(13-20(12-18)25(26,27)28)23(32)30(5)24(2,3)4/h11-14,17H,6-10,15H2,1-5H3,(H2,29,33,34). The fourth-order valence-corrected chi connectivity index (χ4v) is 5.37. The number of rotatable bonds is 5. The molecule has 0 radical (unpaired) electrons. The van der Waals surface area contributed by atoms with E-state index in [0.29, 0.717) is 17.9 Å². The number of sulfonamides is 1. The van der Waals surface area contributed by atoms with Crippen molar-refractivity contribution in [2.24, 2.45) is 11.1 Å². The van der Waals surface area contributed by atoms with Crippen molar-refractivity contribution in [2.75, 3.05) is 7.05 Å². The van der Waals surface area contributed by atoms with Crippen LogP contribution in [0.4, 0.5) is 13.2 Å². The van der Waals surface area contributed by atoms with Gasteiger partial charge >= 0.3 is 6.18 Å². The van der Waals surface area contributed by atoms with Gasteiger partial charge in [0.2, 0.25) is 10.0 Å². The molecule has 6 nitrogen and oxygen atoms in total. The van der Waals surface area contributed by atoms with E-state index < -0.39 is 33.2 Å². The lowest BCUT2D eigenvalue weighted by Crippen LogP contribution is -2.42. The van der Waals surface area contributed by atoms with Crippen LogP contribution >= 0.6 is 0 Å². The molecule has 2 aromatic rings. The van der Waals surface area contributed by atoms with Crippen LogP contribution in [-0.4, -0.2) is 36.4 Å². The number of nitrogens with two attached hydrogens (primary N) is 1. The summed E-state index contributed by atoms with van der Waals surface area (Å²) in [7, 11) is -2.56. The molecule has 0 unspecified atom stereocenters. The topological polar surface area (TPSA) is 85.4 Å². The van der Waals surface area contributed by atoms with Gasteiger partial charge in [-0.1, -0.05) is 19.3 Å². The number of primary sulfonamides is 1. The summed E-state index contributed by atoms with van der Waals surface area (Å²) in [5.74, 6) is -0.278. The van der Waals surface area contributed by atoms with Gasteiger partial charge in [-0.25, -0.2) is 13.6 Å². The van der Waals surface area contributed by atoms with E-state index in [1.54, 1.807) is 32.3 Å². The van der Waals surface area contributed by atoms with Crippen LogP contribution in [0, 0.1) is 12.8 Å². The van der Waals surface area contributed by atoms with Crippen LogP contribution < -0.4 is 5.14 Å². The molecule has 10 heteroatoms. The predicted molar refractivity (Wildman–Crippen MR) is 129 cm³/mol. The third-order valence-electron chi connectivity index (χ3n) is 6.91. The van der Waals surface area contributed by atoms with Crippen molar-refractivity contribution >= 4 is 15.9 Å². The summed E-state index contributed by atoms with van der Waals surface area (Å²) in [5.41, 5.74) is -0.891. The van der Waals surface area contributed by atoms with Crippen LogP contribution in [0.25, 0.3) is 11.3 Å². The van der Waals surface area contributed by atoms with E-state index in [1.165, 1.54) is 24.1 Å². The Morgan fingerprint density at radius 3 is 2.20 bits per heavy atom. The molecule has 35 heavy (non-hydrogen) atoms. The second kappa shape index (κ2) is 9.61. The van der Waals surface area contributed by atoms with Gasteiger partial charge in [0.25, 0.3) is 5.91 Å². The zero-order chi connectivity index (χ0) is 26.3. The minimum absolute atomic E-state index is 0.118. The minimum atomic E-state index is -4.69. The van der Waals surface area contributed by atoms with Gasteiger partial charge in [0, 0.05) is 36.1 Å². The molecule has 1 heterocycles. The van der Waals surface area contributed by atoms with Crippen molar-refractivity contribution < 1.29 is 26.4 Å². The number of benzene rings is 1. The highest BCUT2D eigenvalue weighted by atomic mass is 32.2. The van der Waals surface area contributed by atoms with Gasteiger partial charge in [0.1, 0.15) is 4.90 Å². The summed E-state index contributed by atoms with van der Waals surface area (Å²) >= 11 is 0. The fraction of sp³-hybridized carbons (Fsp3) is 0.560. The van der Waals surface area contributed by atoms with E-state index in [-0.39, 0.29) is 21.9 Å². The number of amides is 1. The predicted octanol–water partition coefficient (Wildman–Crippen LogP) is 5.58. The number of hydrogen-bond acceptors (Lipinski definition) is 3. The number of carbonyl (C=O) groups excluding carboxylic acids is 1. The molecule has 1 aromatic heterocycles. The van der Waals surface area contributed by atoms with E-state index in [9.17, 15) is 26.4 Å². The van der Waals surface area contributed by atoms with Crippen molar-refractivity contribution in [2.45, 2.75) is 83.0 Å². The number of carbonyl (C=O) groups is 1. The zero-order valence-electron chi connectivity index (χ0n) is 20.9. The van der Waals surface area contributed by atoms with Crippen LogP contribution in [0.3, 0.4) is 0 Å². The molecule has 194 valence electrons. The minimum Gasteiger partial charge on any atom is -0.343 e. The highest BCUT2D eigenvalue weighted by Crippen LogP contribution is 2.37. The molecular weight excluding hydrogens is 479 g/mol. The van der Waals surface area contributed by atoms with Gasteiger partial charge in [-0.2, -0.15) is 13.2 Å². The third kappa shape index (κ3) is 6.09. The smallest absolute Gasteiger partial charge is 0.343 e. The van der Waals surface area contributed by atoms with Gasteiger partial charge in [-0.3, -0.25) is 4.79 Å². The Hall–Kier alpha value is -2.33. The molecule has 0 bridgehead atoms. The average Bonchev–Trinajstić information content (AvgIpc) is 3.08. The first-order valence-electron chi connectivity index (χ1n) is 11.7. The Labute approximate surface area is 205 Å². The lowest BCUT2D eigenvalue weighted by atomic mass is 9.89. The van der Waals surface area contributed by atoms with Gasteiger partial charge in [-0.05, 0) is 76.3 Å². The van der Waals surface area contributed by atoms with Crippen molar-refractivity contribution in [3.63, 3.8) is 0 Å². The molecule has 2 N–H and O–H groups in total. The summed E-state index contributed by atoms with van der Waals surface area (Å²) in [6.45, 7) is 7.45. The summed E-state index contributed by atoms with van der Waals surface area (Å²) in [4.78, 5) is 14.4. The molecular formula is C25H34F3N3O3S. The molecule has 1 amide bonds. The van der Waals surface area contributed by atoms with Gasteiger partial charge in [-0.15, -0.1) is 0 Å². The Bertz CT molecular complexity index is 1210. The summed E-state index contributed by atoms with van der Waals surface area (Å²) in [5, 5.41) is 5.43. The molecule has 0 aliphatic heterocycles. The molecule has 1 saturated carbocycles. The van der Waals surface area contributed by atoms with Crippen LogP contribution in [-0.2, 0) is 22.7 Å². The number of alkyl halides is 3. The second-order valence-corrected chi connectivity index (χ2v) is 12.0. The lowest BCUT2D eigenvalue weighted by Gasteiger charge is -2.32. The Morgan fingerprint density at radius 1 is 1.09 bits per heavy atom. The molecule has 0 saturated heterocycles. The fourth-order valence-electron chi connectivity index (χ4n) is 4.57. The highest BCUT2D eigenvalue weighted by Gasteiger charge is 2.34. The Balaban J connectivity index is 2.23. The van der Waals surface area contributed by atoms with Crippen LogP contribution in [0.5, 0.6) is 0 Å². The Kier molecular flexibility index (Phi) is 7.49. The van der Waals surface area contributed by atoms with Crippen LogP contribution in [0.2, 0.25) is 0 Å². The first kappa shape index (κ1) is 27.3. The monoisotopic (exact) mass is 513 g/mol. The molecule has 3 rings (SSSR count). The van der Waals surface area contributed by atoms with E-state index in [4.69, 9.17) is 5.14 Å². The molecule has 1 aliphatic rings. The largest absolute Gasteiger partial charge is 0.416 e. The summed E-state index contributed by atoms with van der Waals surface area (Å²) in [6.07, 6.45) is 0.489.